The van der Waals surface area contributed by atoms with Crippen LogP contribution in [0.1, 0.15) is 0 Å². The number of nitrogens with zero attached hydrogens (tertiary/aromatic N) is 3. The summed E-state index contributed by atoms with van der Waals surface area (Å²) < 4.78 is 38.4. The molecule has 0 saturated heterocycles. The number of pyridine rings is 1. The number of hydrogen-bond acceptors (Lipinski definition) is 6. The number of hydrogen-bond donors (Lipinski definition) is 0. The van der Waals surface area contributed by atoms with Crippen LogP contribution in [0.2, 0.25) is 25.7 Å². The second-order valence-corrected chi connectivity index (χ2v) is 18.0. The van der Waals surface area contributed by atoms with E-state index >= 15 is 0 Å². The molecule has 4 aromatic rings. The minimum Gasteiger partial charge on any atom is -0.456 e. The van der Waals surface area contributed by atoms with Crippen LogP contribution in [-0.4, -0.2) is 43.9 Å². The molecular weight excluding hydrogens is 546 g/mol. The van der Waals surface area contributed by atoms with E-state index in [-0.39, 0.29) is 4.90 Å². The van der Waals surface area contributed by atoms with Gasteiger partial charge in [0.25, 0.3) is 0 Å². The predicted molar refractivity (Wildman–Crippen MR) is 144 cm³/mol. The van der Waals surface area contributed by atoms with E-state index < -0.39 is 17.9 Å². The lowest BCUT2D eigenvalue weighted by Gasteiger charge is -2.16. The number of aromatic nitrogens is 3. The highest BCUT2D eigenvalue weighted by Crippen LogP contribution is 2.35. The smallest absolute Gasteiger partial charge is 0.175 e. The minimum atomic E-state index is -3.27. The Balaban J connectivity index is 1.69. The number of imidazole rings is 1. The maximum Gasteiger partial charge on any atom is 0.175 e. The van der Waals surface area contributed by atoms with Crippen LogP contribution in [0.3, 0.4) is 0 Å². The van der Waals surface area contributed by atoms with Gasteiger partial charge in [0.2, 0.25) is 0 Å². The molecule has 0 saturated carbocycles. The van der Waals surface area contributed by atoms with E-state index in [0.717, 1.165) is 33.1 Å². The van der Waals surface area contributed by atoms with Gasteiger partial charge in [-0.1, -0.05) is 25.7 Å². The first kappa shape index (κ1) is 25.6. The first-order chi connectivity index (χ1) is 16.5. The van der Waals surface area contributed by atoms with Crippen molar-refractivity contribution < 1.29 is 17.9 Å². The van der Waals surface area contributed by atoms with Crippen molar-refractivity contribution in [1.29, 1.82) is 0 Å². The highest BCUT2D eigenvalue weighted by Gasteiger charge is 2.18. The molecule has 2 aromatic carbocycles. The summed E-state index contributed by atoms with van der Waals surface area (Å²) in [7, 11) is -4.49. The second-order valence-electron chi connectivity index (χ2n) is 9.54. The Hall–Kier alpha value is -2.53. The van der Waals surface area contributed by atoms with Crippen molar-refractivity contribution in [2.45, 2.75) is 37.3 Å². The molecule has 4 rings (SSSR count). The van der Waals surface area contributed by atoms with E-state index in [0.29, 0.717) is 24.8 Å². The molecule has 0 N–H and O–H groups in total. The van der Waals surface area contributed by atoms with Gasteiger partial charge in [0.15, 0.2) is 15.7 Å². The summed E-state index contributed by atoms with van der Waals surface area (Å²) >= 11 is 3.58. The fraction of sp³-hybridized carbons (Fsp3) is 0.280. The van der Waals surface area contributed by atoms with Crippen LogP contribution in [0.25, 0.3) is 22.6 Å². The molecule has 2 aromatic heterocycles. The number of fused-ring (bicyclic) bond motifs is 1. The van der Waals surface area contributed by atoms with Crippen molar-refractivity contribution in [3.05, 3.63) is 65.3 Å². The Bertz CT molecular complexity index is 1430. The third-order valence-corrected chi connectivity index (χ3v) is 8.84. The highest BCUT2D eigenvalue weighted by atomic mass is 79.9. The standard InChI is InChI=1S/C25H28BrN3O4SSi/c1-34(30,31)19-10-8-18(9-11-19)33-24-16-23-22(15-20(24)26)28-25(21-7-5-6-12-27-21)29(23)17-32-13-14-35(2,3)4/h5-12,15-16H,13-14,17H2,1-4H3. The molecule has 0 bridgehead atoms. The van der Waals surface area contributed by atoms with Gasteiger partial charge in [-0.25, -0.2) is 13.4 Å². The van der Waals surface area contributed by atoms with Gasteiger partial charge in [-0.2, -0.15) is 0 Å². The first-order valence-electron chi connectivity index (χ1n) is 11.2. The van der Waals surface area contributed by atoms with E-state index in [4.69, 9.17) is 14.5 Å². The molecule has 35 heavy (non-hydrogen) atoms. The van der Waals surface area contributed by atoms with E-state index in [1.54, 1.807) is 18.3 Å². The molecule has 10 heteroatoms. The summed E-state index contributed by atoms with van der Waals surface area (Å²) in [6.45, 7) is 8.00. The maximum atomic E-state index is 11.7. The van der Waals surface area contributed by atoms with Gasteiger partial charge in [-0.15, -0.1) is 0 Å². The van der Waals surface area contributed by atoms with Crippen molar-refractivity contribution >= 4 is 44.9 Å². The van der Waals surface area contributed by atoms with Gasteiger partial charge in [0.1, 0.15) is 23.9 Å². The third-order valence-electron chi connectivity index (χ3n) is 5.39. The summed E-state index contributed by atoms with van der Waals surface area (Å²) in [6, 6.07) is 17.0. The quantitative estimate of drug-likeness (QED) is 0.171. The van der Waals surface area contributed by atoms with E-state index in [1.165, 1.54) is 18.4 Å². The van der Waals surface area contributed by atoms with E-state index in [9.17, 15) is 8.42 Å². The zero-order valence-corrected chi connectivity index (χ0v) is 23.6. The number of rotatable bonds is 9. The minimum absolute atomic E-state index is 0.243. The molecule has 0 atom stereocenters. The SMILES string of the molecule is C[Si](C)(C)CCOCn1c(-c2ccccn2)nc2cc(Br)c(Oc3ccc(S(C)(=O)=O)cc3)cc21. The van der Waals surface area contributed by atoms with Crippen LogP contribution in [0.4, 0.5) is 0 Å². The van der Waals surface area contributed by atoms with E-state index in [2.05, 4.69) is 40.6 Å². The van der Waals surface area contributed by atoms with Crippen LogP contribution in [0.5, 0.6) is 11.5 Å². The molecule has 0 fully saturated rings. The number of ether oxygens (including phenoxy) is 2. The zero-order valence-electron chi connectivity index (χ0n) is 20.2. The second kappa shape index (κ2) is 10.2. The summed E-state index contributed by atoms with van der Waals surface area (Å²) in [5.74, 6) is 1.83. The Morgan fingerprint density at radius 2 is 1.80 bits per heavy atom. The number of halogens is 1. The third kappa shape index (κ3) is 6.37. The summed E-state index contributed by atoms with van der Waals surface area (Å²) in [5.41, 5.74) is 2.39. The van der Waals surface area contributed by atoms with E-state index in [1.807, 2.05) is 34.9 Å². The average molecular weight is 575 g/mol. The first-order valence-corrected chi connectivity index (χ1v) is 17.6. The van der Waals surface area contributed by atoms with Crippen molar-refractivity contribution in [3.63, 3.8) is 0 Å². The van der Waals surface area contributed by atoms with Crippen molar-refractivity contribution in [1.82, 2.24) is 14.5 Å². The molecule has 7 nitrogen and oxygen atoms in total. The number of benzene rings is 2. The van der Waals surface area contributed by atoms with Gasteiger partial charge in [0.05, 0.1) is 20.4 Å². The average Bonchev–Trinajstić information content (AvgIpc) is 3.14. The molecule has 0 aliphatic rings. The van der Waals surface area contributed by atoms with Crippen LogP contribution in [-0.2, 0) is 21.3 Å². The molecule has 0 unspecified atom stereocenters. The van der Waals surface area contributed by atoms with Gasteiger partial charge >= 0.3 is 0 Å². The molecule has 184 valence electrons. The molecule has 0 amide bonds. The zero-order chi connectivity index (χ0) is 25.2. The summed E-state index contributed by atoms with van der Waals surface area (Å²) in [4.78, 5) is 9.57. The van der Waals surface area contributed by atoms with Crippen molar-refractivity contribution in [2.24, 2.45) is 0 Å². The van der Waals surface area contributed by atoms with Gasteiger partial charge in [-0.3, -0.25) is 9.55 Å². The van der Waals surface area contributed by atoms with Crippen LogP contribution >= 0.6 is 15.9 Å². The Morgan fingerprint density at radius 3 is 2.43 bits per heavy atom. The molecule has 0 radical (unpaired) electrons. The lowest BCUT2D eigenvalue weighted by Crippen LogP contribution is -2.22. The van der Waals surface area contributed by atoms with Gasteiger partial charge < -0.3 is 9.47 Å². The van der Waals surface area contributed by atoms with Gasteiger partial charge in [0, 0.05) is 33.2 Å². The van der Waals surface area contributed by atoms with Crippen molar-refractivity contribution in [3.8, 4) is 23.0 Å². The molecule has 0 spiro atoms. The van der Waals surface area contributed by atoms with Gasteiger partial charge in [-0.05, 0) is 64.4 Å². The molecular formula is C25H28BrN3O4SSi. The largest absolute Gasteiger partial charge is 0.456 e. The molecule has 2 heterocycles. The Labute approximate surface area is 215 Å². The lowest BCUT2D eigenvalue weighted by atomic mass is 10.3. The Kier molecular flexibility index (Phi) is 7.46. The Morgan fingerprint density at radius 1 is 1.06 bits per heavy atom. The fourth-order valence-corrected chi connectivity index (χ4v) is 5.24. The maximum absolute atomic E-state index is 11.7. The predicted octanol–water partition coefficient (Wildman–Crippen LogP) is 6.37. The number of sulfone groups is 1. The molecule has 0 aliphatic carbocycles. The monoisotopic (exact) mass is 573 g/mol. The van der Waals surface area contributed by atoms with Crippen LogP contribution in [0, 0.1) is 0 Å². The highest BCUT2D eigenvalue weighted by molar-refractivity contribution is 9.10. The van der Waals surface area contributed by atoms with Crippen LogP contribution < -0.4 is 4.74 Å². The summed E-state index contributed by atoms with van der Waals surface area (Å²) in [5, 5.41) is 0. The fourth-order valence-electron chi connectivity index (χ4n) is 3.44. The topological polar surface area (TPSA) is 83.3 Å². The lowest BCUT2D eigenvalue weighted by molar-refractivity contribution is 0.0909. The molecule has 0 aliphatic heterocycles. The normalized spacial score (nSPS) is 12.3. The van der Waals surface area contributed by atoms with Crippen molar-refractivity contribution in [2.75, 3.05) is 12.9 Å². The van der Waals surface area contributed by atoms with Crippen LogP contribution in [0.15, 0.2) is 70.2 Å². The summed E-state index contributed by atoms with van der Waals surface area (Å²) in [6.07, 6.45) is 2.93.